The molecule has 0 aliphatic carbocycles. The summed E-state index contributed by atoms with van der Waals surface area (Å²) in [4.78, 5) is 6.12. The van der Waals surface area contributed by atoms with E-state index < -0.39 is 0 Å². The van der Waals surface area contributed by atoms with Gasteiger partial charge in [0.1, 0.15) is 5.82 Å². The van der Waals surface area contributed by atoms with E-state index in [2.05, 4.69) is 20.7 Å². The largest absolute Gasteiger partial charge is 0.372 e. The van der Waals surface area contributed by atoms with E-state index in [1.54, 1.807) is 25.4 Å². The van der Waals surface area contributed by atoms with Gasteiger partial charge in [0.2, 0.25) is 0 Å². The first-order chi connectivity index (χ1) is 11.6. The maximum absolute atomic E-state index is 13.7. The quantitative estimate of drug-likeness (QED) is 0.461. The lowest BCUT2D eigenvalue weighted by Crippen LogP contribution is -2.38. The molecule has 0 bridgehead atoms. The number of guanidine groups is 1. The van der Waals surface area contributed by atoms with E-state index in [0.29, 0.717) is 12.2 Å². The molecule has 2 rings (SSSR count). The zero-order chi connectivity index (χ0) is 17.4. The predicted molar refractivity (Wildman–Crippen MR) is 95.7 cm³/mol. The molecule has 0 unspecified atom stereocenters. The molecule has 1 aromatic carbocycles. The Labute approximate surface area is 142 Å². The van der Waals surface area contributed by atoms with Crippen molar-refractivity contribution in [3.8, 4) is 0 Å². The molecule has 130 valence electrons. The third kappa shape index (κ3) is 4.97. The number of halogens is 1. The number of rotatable bonds is 7. The Hall–Kier alpha value is -2.57. The van der Waals surface area contributed by atoms with Gasteiger partial charge in [-0.15, -0.1) is 0 Å². The van der Waals surface area contributed by atoms with Crippen LogP contribution in [0.5, 0.6) is 0 Å². The second-order valence-electron chi connectivity index (χ2n) is 5.53. The molecule has 0 atom stereocenters. The zero-order valence-electron chi connectivity index (χ0n) is 14.5. The van der Waals surface area contributed by atoms with Crippen LogP contribution < -0.4 is 15.5 Å². The average Bonchev–Trinajstić information content (AvgIpc) is 2.99. The van der Waals surface area contributed by atoms with Gasteiger partial charge in [0.05, 0.1) is 17.9 Å². The second kappa shape index (κ2) is 8.90. The number of aliphatic imine (C=N–C) groups is 1. The van der Waals surface area contributed by atoms with Gasteiger partial charge < -0.3 is 15.5 Å². The van der Waals surface area contributed by atoms with Crippen LogP contribution in [0.3, 0.4) is 0 Å². The number of benzene rings is 1. The van der Waals surface area contributed by atoms with Crippen LogP contribution in [0.25, 0.3) is 0 Å². The highest BCUT2D eigenvalue weighted by Crippen LogP contribution is 2.16. The highest BCUT2D eigenvalue weighted by molar-refractivity contribution is 5.79. The van der Waals surface area contributed by atoms with Crippen molar-refractivity contribution in [2.24, 2.45) is 12.0 Å². The third-order valence-corrected chi connectivity index (χ3v) is 3.81. The monoisotopic (exact) mass is 332 g/mol. The van der Waals surface area contributed by atoms with Crippen molar-refractivity contribution in [2.75, 3.05) is 32.1 Å². The summed E-state index contributed by atoms with van der Waals surface area (Å²) in [5.74, 6) is 0.548. The Morgan fingerprint density at radius 2 is 2.08 bits per heavy atom. The van der Waals surface area contributed by atoms with Gasteiger partial charge in [0, 0.05) is 40.4 Å². The molecule has 0 spiro atoms. The number of nitrogens with zero attached hydrogens (tertiary/aromatic N) is 4. The summed E-state index contributed by atoms with van der Waals surface area (Å²) >= 11 is 0. The molecule has 0 saturated carbocycles. The molecule has 0 aliphatic heterocycles. The van der Waals surface area contributed by atoms with Crippen LogP contribution in [0, 0.1) is 5.82 Å². The summed E-state index contributed by atoms with van der Waals surface area (Å²) < 4.78 is 15.5. The van der Waals surface area contributed by atoms with Crippen molar-refractivity contribution in [1.82, 2.24) is 20.4 Å². The van der Waals surface area contributed by atoms with Crippen LogP contribution in [-0.2, 0) is 13.6 Å². The number of nitrogens with one attached hydrogen (secondary N) is 2. The minimum absolute atomic E-state index is 0.193. The number of aromatic nitrogens is 2. The number of anilines is 1. The summed E-state index contributed by atoms with van der Waals surface area (Å²) in [6, 6.07) is 8.78. The van der Waals surface area contributed by atoms with Crippen LogP contribution in [0.15, 0.2) is 41.5 Å². The van der Waals surface area contributed by atoms with E-state index in [0.717, 1.165) is 31.2 Å². The van der Waals surface area contributed by atoms with Gasteiger partial charge in [-0.1, -0.05) is 12.1 Å². The van der Waals surface area contributed by atoms with E-state index in [1.165, 1.54) is 6.07 Å². The molecule has 7 heteroatoms. The van der Waals surface area contributed by atoms with Gasteiger partial charge in [-0.05, 0) is 24.6 Å². The van der Waals surface area contributed by atoms with Crippen LogP contribution in [0.2, 0.25) is 0 Å². The maximum Gasteiger partial charge on any atom is 0.191 e. The lowest BCUT2D eigenvalue weighted by molar-refractivity contribution is 0.619. The Balaban J connectivity index is 1.70. The molecule has 1 heterocycles. The van der Waals surface area contributed by atoms with Crippen molar-refractivity contribution >= 4 is 11.6 Å². The molecular weight excluding hydrogens is 307 g/mol. The summed E-state index contributed by atoms with van der Waals surface area (Å²) in [7, 11) is 5.55. The highest BCUT2D eigenvalue weighted by Gasteiger charge is 2.06. The molecule has 24 heavy (non-hydrogen) atoms. The van der Waals surface area contributed by atoms with Gasteiger partial charge in [-0.3, -0.25) is 9.67 Å². The van der Waals surface area contributed by atoms with E-state index >= 15 is 0 Å². The van der Waals surface area contributed by atoms with Crippen molar-refractivity contribution < 1.29 is 4.39 Å². The molecule has 0 saturated heterocycles. The Morgan fingerprint density at radius 3 is 2.75 bits per heavy atom. The number of para-hydroxylation sites is 1. The standard InChI is InChI=1S/C17H25FN6/c1-19-17(21-13-14-9-11-22-24(14)3)20-10-6-12-23(2)16-8-5-4-7-15(16)18/h4-5,7-9,11H,6,10,12-13H2,1-3H3,(H2,19,20,21). The summed E-state index contributed by atoms with van der Waals surface area (Å²) in [5.41, 5.74) is 1.70. The zero-order valence-corrected chi connectivity index (χ0v) is 14.5. The third-order valence-electron chi connectivity index (χ3n) is 3.81. The Kier molecular flexibility index (Phi) is 6.60. The maximum atomic E-state index is 13.7. The van der Waals surface area contributed by atoms with E-state index in [-0.39, 0.29) is 5.82 Å². The summed E-state index contributed by atoms with van der Waals surface area (Å²) in [5, 5.41) is 10.6. The first kappa shape index (κ1) is 17.8. The molecule has 2 aromatic rings. The molecular formula is C17H25FN6. The minimum atomic E-state index is -0.193. The first-order valence-electron chi connectivity index (χ1n) is 7.99. The van der Waals surface area contributed by atoms with Crippen molar-refractivity contribution in [1.29, 1.82) is 0 Å². The Bertz CT molecular complexity index is 667. The van der Waals surface area contributed by atoms with Crippen LogP contribution in [0.1, 0.15) is 12.1 Å². The van der Waals surface area contributed by atoms with E-state index in [9.17, 15) is 4.39 Å². The van der Waals surface area contributed by atoms with Gasteiger partial charge in [0.15, 0.2) is 5.96 Å². The second-order valence-corrected chi connectivity index (χ2v) is 5.53. The molecule has 1 aromatic heterocycles. The molecule has 2 N–H and O–H groups in total. The van der Waals surface area contributed by atoms with Crippen LogP contribution >= 0.6 is 0 Å². The molecule has 0 aliphatic rings. The summed E-state index contributed by atoms with van der Waals surface area (Å²) in [6.45, 7) is 2.17. The number of aryl methyl sites for hydroxylation is 1. The number of hydrogen-bond acceptors (Lipinski definition) is 3. The highest BCUT2D eigenvalue weighted by atomic mass is 19.1. The van der Waals surface area contributed by atoms with Gasteiger partial charge >= 0.3 is 0 Å². The first-order valence-corrected chi connectivity index (χ1v) is 7.99. The summed E-state index contributed by atoms with van der Waals surface area (Å²) in [6.07, 6.45) is 2.64. The van der Waals surface area contributed by atoms with Crippen LogP contribution in [0.4, 0.5) is 10.1 Å². The Morgan fingerprint density at radius 1 is 1.29 bits per heavy atom. The van der Waals surface area contributed by atoms with Crippen LogP contribution in [-0.4, -0.2) is 42.9 Å². The van der Waals surface area contributed by atoms with E-state index in [1.807, 2.05) is 35.8 Å². The van der Waals surface area contributed by atoms with Gasteiger partial charge in [0.25, 0.3) is 0 Å². The lowest BCUT2D eigenvalue weighted by Gasteiger charge is -2.20. The fourth-order valence-electron chi connectivity index (χ4n) is 2.37. The SMILES string of the molecule is CN=C(NCCCN(C)c1ccccc1F)NCc1ccnn1C. The number of hydrogen-bond donors (Lipinski definition) is 2. The topological polar surface area (TPSA) is 57.5 Å². The molecule has 0 radical (unpaired) electrons. The van der Waals surface area contributed by atoms with Gasteiger partial charge in [-0.25, -0.2) is 4.39 Å². The average molecular weight is 332 g/mol. The molecule has 0 amide bonds. The van der Waals surface area contributed by atoms with Crippen molar-refractivity contribution in [3.05, 3.63) is 48.0 Å². The van der Waals surface area contributed by atoms with Crippen molar-refractivity contribution in [3.63, 3.8) is 0 Å². The molecule has 0 fully saturated rings. The lowest BCUT2D eigenvalue weighted by atomic mass is 10.2. The smallest absolute Gasteiger partial charge is 0.191 e. The normalized spacial score (nSPS) is 11.4. The predicted octanol–water partition coefficient (Wildman–Crippen LogP) is 1.75. The fourth-order valence-corrected chi connectivity index (χ4v) is 2.37. The fraction of sp³-hybridized carbons (Fsp3) is 0.412. The minimum Gasteiger partial charge on any atom is -0.372 e. The van der Waals surface area contributed by atoms with Crippen molar-refractivity contribution in [2.45, 2.75) is 13.0 Å². The molecule has 6 nitrogen and oxygen atoms in total. The van der Waals surface area contributed by atoms with E-state index in [4.69, 9.17) is 0 Å². The van der Waals surface area contributed by atoms with Gasteiger partial charge in [-0.2, -0.15) is 5.10 Å².